The summed E-state index contributed by atoms with van der Waals surface area (Å²) < 4.78 is 0. The average molecular weight is 312 g/mol. The molecule has 0 atom stereocenters. The first-order chi connectivity index (χ1) is 10.5. The fourth-order valence-electron chi connectivity index (χ4n) is 3.47. The Morgan fingerprint density at radius 2 is 1.50 bits per heavy atom. The summed E-state index contributed by atoms with van der Waals surface area (Å²) in [6.45, 7) is 19.3. The molecule has 22 heavy (non-hydrogen) atoms. The van der Waals surface area contributed by atoms with Crippen LogP contribution in [0.5, 0.6) is 0 Å². The van der Waals surface area contributed by atoms with Gasteiger partial charge >= 0.3 is 0 Å². The van der Waals surface area contributed by atoms with E-state index in [0.29, 0.717) is 18.4 Å². The Bertz CT molecular complexity index is 303. The lowest BCUT2D eigenvalue weighted by Crippen LogP contribution is -2.50. The molecule has 0 amide bonds. The number of piperazine rings is 1. The molecule has 2 fully saturated rings. The number of likely N-dealkylation sites (tertiary alicyclic amines) is 1. The SMILES string of the molecule is CC.CC(=O)CN1CCC(CN2CCN(C(C)C)CC2)CC1. The zero-order valence-electron chi connectivity index (χ0n) is 15.5. The highest BCUT2D eigenvalue weighted by molar-refractivity contribution is 5.77. The average Bonchev–Trinajstić information content (AvgIpc) is 2.51. The summed E-state index contributed by atoms with van der Waals surface area (Å²) in [5.74, 6) is 1.14. The molecule has 2 heterocycles. The smallest absolute Gasteiger partial charge is 0.143 e. The van der Waals surface area contributed by atoms with E-state index >= 15 is 0 Å². The van der Waals surface area contributed by atoms with E-state index in [-0.39, 0.29) is 0 Å². The summed E-state index contributed by atoms with van der Waals surface area (Å²) in [7, 11) is 0. The van der Waals surface area contributed by atoms with E-state index in [2.05, 4.69) is 28.5 Å². The number of nitrogens with zero attached hydrogens (tertiary/aromatic N) is 3. The molecular weight excluding hydrogens is 274 g/mol. The van der Waals surface area contributed by atoms with Crippen molar-refractivity contribution < 1.29 is 4.79 Å². The van der Waals surface area contributed by atoms with Gasteiger partial charge in [0.05, 0.1) is 6.54 Å². The number of Topliss-reactive ketones (excluding diaryl/α,β-unsaturated/α-hetero) is 1. The van der Waals surface area contributed by atoms with Crippen molar-refractivity contribution in [1.82, 2.24) is 14.7 Å². The second-order valence-corrected chi connectivity index (χ2v) is 6.85. The van der Waals surface area contributed by atoms with Crippen LogP contribution in [0.4, 0.5) is 0 Å². The van der Waals surface area contributed by atoms with Crippen LogP contribution in [0.1, 0.15) is 47.5 Å². The Hall–Kier alpha value is -0.450. The van der Waals surface area contributed by atoms with Crippen molar-refractivity contribution in [2.75, 3.05) is 52.4 Å². The van der Waals surface area contributed by atoms with Crippen LogP contribution < -0.4 is 0 Å². The summed E-state index contributed by atoms with van der Waals surface area (Å²) in [4.78, 5) is 18.7. The zero-order valence-corrected chi connectivity index (χ0v) is 15.5. The van der Waals surface area contributed by atoms with E-state index in [4.69, 9.17) is 0 Å². The fourth-order valence-corrected chi connectivity index (χ4v) is 3.47. The van der Waals surface area contributed by atoms with Gasteiger partial charge in [-0.1, -0.05) is 13.8 Å². The van der Waals surface area contributed by atoms with Gasteiger partial charge in [-0.15, -0.1) is 0 Å². The summed E-state index contributed by atoms with van der Waals surface area (Å²) in [5, 5.41) is 0. The molecule has 0 saturated carbocycles. The quantitative estimate of drug-likeness (QED) is 0.779. The first-order valence-corrected chi connectivity index (χ1v) is 9.23. The maximum atomic E-state index is 11.1. The van der Waals surface area contributed by atoms with Gasteiger partial charge in [-0.05, 0) is 52.6 Å². The van der Waals surface area contributed by atoms with Crippen molar-refractivity contribution in [3.05, 3.63) is 0 Å². The van der Waals surface area contributed by atoms with Gasteiger partial charge in [0, 0.05) is 38.8 Å². The highest BCUT2D eigenvalue weighted by Crippen LogP contribution is 2.19. The predicted octanol–water partition coefficient (Wildman–Crippen LogP) is 2.34. The van der Waals surface area contributed by atoms with E-state index < -0.39 is 0 Å². The highest BCUT2D eigenvalue weighted by Gasteiger charge is 2.24. The molecule has 2 aliphatic heterocycles. The van der Waals surface area contributed by atoms with Gasteiger partial charge in [0.1, 0.15) is 5.78 Å². The van der Waals surface area contributed by atoms with Gasteiger partial charge < -0.3 is 4.90 Å². The standard InChI is InChI=1S/C16H31N3O.C2H6/c1-14(2)19-10-8-18(9-11-19)13-16-4-6-17(7-5-16)12-15(3)20;1-2/h14,16H,4-13H2,1-3H3;1-2H3. The van der Waals surface area contributed by atoms with Crippen LogP contribution in [-0.2, 0) is 4.79 Å². The van der Waals surface area contributed by atoms with Crippen molar-refractivity contribution in [3.63, 3.8) is 0 Å². The Kier molecular flexibility index (Phi) is 9.22. The van der Waals surface area contributed by atoms with Crippen molar-refractivity contribution in [2.24, 2.45) is 5.92 Å². The topological polar surface area (TPSA) is 26.8 Å². The zero-order chi connectivity index (χ0) is 16.5. The van der Waals surface area contributed by atoms with E-state index in [9.17, 15) is 4.79 Å². The lowest BCUT2D eigenvalue weighted by Gasteiger charge is -2.40. The monoisotopic (exact) mass is 311 g/mol. The van der Waals surface area contributed by atoms with Crippen molar-refractivity contribution >= 4 is 5.78 Å². The summed E-state index contributed by atoms with van der Waals surface area (Å²) in [6, 6.07) is 0.687. The molecule has 0 aromatic heterocycles. The third kappa shape index (κ3) is 6.76. The highest BCUT2D eigenvalue weighted by atomic mass is 16.1. The number of hydrogen-bond donors (Lipinski definition) is 0. The van der Waals surface area contributed by atoms with Gasteiger partial charge in [0.2, 0.25) is 0 Å². The molecule has 0 aliphatic carbocycles. The molecule has 0 aromatic rings. The van der Waals surface area contributed by atoms with Crippen molar-refractivity contribution in [3.8, 4) is 0 Å². The minimum absolute atomic E-state index is 0.299. The van der Waals surface area contributed by atoms with E-state index in [1.54, 1.807) is 6.92 Å². The molecule has 2 rings (SSSR count). The van der Waals surface area contributed by atoms with Gasteiger partial charge in [-0.2, -0.15) is 0 Å². The normalized spacial score (nSPS) is 22.5. The van der Waals surface area contributed by atoms with Gasteiger partial charge in [0.15, 0.2) is 0 Å². The Balaban J connectivity index is 0.00000116. The molecule has 0 unspecified atom stereocenters. The Labute approximate surface area is 137 Å². The molecule has 4 nitrogen and oxygen atoms in total. The molecule has 0 N–H and O–H groups in total. The summed E-state index contributed by atoms with van der Waals surface area (Å²) in [6.07, 6.45) is 2.52. The Morgan fingerprint density at radius 3 is 1.95 bits per heavy atom. The maximum Gasteiger partial charge on any atom is 0.143 e. The van der Waals surface area contributed by atoms with E-state index in [1.165, 1.54) is 45.6 Å². The second-order valence-electron chi connectivity index (χ2n) is 6.85. The van der Waals surface area contributed by atoms with Gasteiger partial charge in [-0.25, -0.2) is 0 Å². The largest absolute Gasteiger partial charge is 0.301 e. The molecule has 0 spiro atoms. The summed E-state index contributed by atoms with van der Waals surface area (Å²) >= 11 is 0. The van der Waals surface area contributed by atoms with Crippen LogP contribution in [-0.4, -0.2) is 78.9 Å². The number of piperidine rings is 1. The number of carbonyl (C=O) groups is 1. The minimum Gasteiger partial charge on any atom is -0.301 e. The minimum atomic E-state index is 0.299. The molecule has 4 heteroatoms. The van der Waals surface area contributed by atoms with Crippen LogP contribution in [0.25, 0.3) is 0 Å². The van der Waals surface area contributed by atoms with Crippen molar-refractivity contribution in [2.45, 2.75) is 53.5 Å². The third-order valence-electron chi connectivity index (χ3n) is 4.81. The van der Waals surface area contributed by atoms with Crippen LogP contribution in [0.3, 0.4) is 0 Å². The molecule has 0 aromatic carbocycles. The number of rotatable bonds is 5. The molecule has 2 aliphatic rings. The van der Waals surface area contributed by atoms with Crippen LogP contribution >= 0.6 is 0 Å². The molecule has 0 bridgehead atoms. The first-order valence-electron chi connectivity index (χ1n) is 9.23. The third-order valence-corrected chi connectivity index (χ3v) is 4.81. The van der Waals surface area contributed by atoms with Gasteiger partial charge in [-0.3, -0.25) is 14.6 Å². The molecule has 2 saturated heterocycles. The van der Waals surface area contributed by atoms with Crippen LogP contribution in [0.15, 0.2) is 0 Å². The summed E-state index contributed by atoms with van der Waals surface area (Å²) in [5.41, 5.74) is 0. The van der Waals surface area contributed by atoms with E-state index in [1.807, 2.05) is 13.8 Å². The molecular formula is C18H37N3O. The van der Waals surface area contributed by atoms with Crippen molar-refractivity contribution in [1.29, 1.82) is 0 Å². The van der Waals surface area contributed by atoms with Gasteiger partial charge in [0.25, 0.3) is 0 Å². The number of ketones is 1. The molecule has 0 radical (unpaired) electrons. The lowest BCUT2D eigenvalue weighted by atomic mass is 9.95. The molecule has 130 valence electrons. The fraction of sp³-hybridized carbons (Fsp3) is 0.944. The lowest BCUT2D eigenvalue weighted by molar-refractivity contribution is -0.118. The number of carbonyl (C=O) groups excluding carboxylic acids is 1. The predicted molar refractivity (Wildman–Crippen MR) is 94.3 cm³/mol. The Morgan fingerprint density at radius 1 is 0.955 bits per heavy atom. The van der Waals surface area contributed by atoms with E-state index in [0.717, 1.165) is 19.0 Å². The van der Waals surface area contributed by atoms with Crippen LogP contribution in [0, 0.1) is 5.92 Å². The number of hydrogen-bond acceptors (Lipinski definition) is 4. The second kappa shape index (κ2) is 10.3. The first kappa shape index (κ1) is 19.6. The van der Waals surface area contributed by atoms with Crippen LogP contribution in [0.2, 0.25) is 0 Å². The maximum absolute atomic E-state index is 11.1.